The lowest BCUT2D eigenvalue weighted by atomic mass is 10.2. The minimum absolute atomic E-state index is 0.00940. The number of carbonyl (C=O) groups excluding carboxylic acids is 2. The van der Waals surface area contributed by atoms with Gasteiger partial charge in [0.2, 0.25) is 12.8 Å². The summed E-state index contributed by atoms with van der Waals surface area (Å²) < 4.78 is 30.8. The summed E-state index contributed by atoms with van der Waals surface area (Å²) in [5.74, 6) is -0.568. The highest BCUT2D eigenvalue weighted by Gasteiger charge is 2.16. The molecule has 1 fully saturated rings. The topological polar surface area (TPSA) is 75.4 Å². The van der Waals surface area contributed by atoms with Crippen LogP contribution in [-0.2, 0) is 22.6 Å². The van der Waals surface area contributed by atoms with Gasteiger partial charge in [0, 0.05) is 42.2 Å². The molecule has 1 atom stereocenters. The normalized spacial score (nSPS) is 15.0. The molecular formula is C20H26ClF2N3O3. The molecule has 9 heteroatoms. The van der Waals surface area contributed by atoms with Crippen molar-refractivity contribution in [3.8, 4) is 0 Å². The highest BCUT2D eigenvalue weighted by molar-refractivity contribution is 6.30. The lowest BCUT2D eigenvalue weighted by Crippen LogP contribution is -2.24. The Balaban J connectivity index is 0.000000228. The van der Waals surface area contributed by atoms with Gasteiger partial charge in [0.05, 0.1) is 5.69 Å². The second kappa shape index (κ2) is 12.9. The molecule has 0 aliphatic carbocycles. The van der Waals surface area contributed by atoms with Gasteiger partial charge in [-0.2, -0.15) is 0 Å². The fourth-order valence-electron chi connectivity index (χ4n) is 2.58. The van der Waals surface area contributed by atoms with E-state index in [1.807, 2.05) is 24.8 Å². The van der Waals surface area contributed by atoms with Crippen molar-refractivity contribution >= 4 is 24.4 Å². The molecule has 0 spiro atoms. The SMILES string of the molecule is CC1CCCN1C=O.CCc1cc(C)no1.O=CNCc1c(F)cc(Cl)cc1F. The number of nitrogens with one attached hydrogen (secondary N) is 1. The van der Waals surface area contributed by atoms with Crippen LogP contribution in [0.3, 0.4) is 0 Å². The number of nitrogens with zero attached hydrogens (tertiary/aromatic N) is 2. The van der Waals surface area contributed by atoms with Crippen LogP contribution in [0.1, 0.15) is 43.7 Å². The first-order chi connectivity index (χ1) is 13.8. The molecule has 1 unspecified atom stereocenters. The highest BCUT2D eigenvalue weighted by Crippen LogP contribution is 2.18. The molecule has 2 heterocycles. The molecule has 6 nitrogen and oxygen atoms in total. The second-order valence-electron chi connectivity index (χ2n) is 6.47. The van der Waals surface area contributed by atoms with E-state index in [4.69, 9.17) is 16.1 Å². The average molecular weight is 430 g/mol. The third-order valence-electron chi connectivity index (χ3n) is 4.23. The molecule has 1 N–H and O–H groups in total. The monoisotopic (exact) mass is 429 g/mol. The van der Waals surface area contributed by atoms with E-state index in [-0.39, 0.29) is 17.1 Å². The number of hydrogen-bond donors (Lipinski definition) is 1. The molecule has 2 aromatic rings. The number of hydrogen-bond acceptors (Lipinski definition) is 4. The number of aryl methyl sites for hydroxylation is 2. The third-order valence-corrected chi connectivity index (χ3v) is 4.45. The van der Waals surface area contributed by atoms with Crippen LogP contribution in [0.4, 0.5) is 8.78 Å². The van der Waals surface area contributed by atoms with Crippen molar-refractivity contribution in [1.82, 2.24) is 15.4 Å². The lowest BCUT2D eigenvalue weighted by molar-refractivity contribution is -0.118. The van der Waals surface area contributed by atoms with Gasteiger partial charge in [0.15, 0.2) is 0 Å². The van der Waals surface area contributed by atoms with Crippen LogP contribution < -0.4 is 5.32 Å². The van der Waals surface area contributed by atoms with Crippen LogP contribution in [-0.4, -0.2) is 35.5 Å². The smallest absolute Gasteiger partial charge is 0.209 e. The molecule has 0 saturated carbocycles. The maximum Gasteiger partial charge on any atom is 0.209 e. The van der Waals surface area contributed by atoms with Crippen LogP contribution in [0, 0.1) is 18.6 Å². The molecule has 1 saturated heterocycles. The fraction of sp³-hybridized carbons (Fsp3) is 0.450. The number of halogens is 3. The number of likely N-dealkylation sites (tertiary alicyclic amines) is 1. The first-order valence-corrected chi connectivity index (χ1v) is 9.63. The molecule has 0 bridgehead atoms. The van der Waals surface area contributed by atoms with Crippen molar-refractivity contribution in [3.05, 3.63) is 51.9 Å². The van der Waals surface area contributed by atoms with Crippen LogP contribution in [0.15, 0.2) is 22.7 Å². The number of rotatable bonds is 5. The van der Waals surface area contributed by atoms with Crippen molar-refractivity contribution in [1.29, 1.82) is 0 Å². The van der Waals surface area contributed by atoms with Gasteiger partial charge in [-0.1, -0.05) is 23.7 Å². The predicted octanol–water partition coefficient (Wildman–Crippen LogP) is 4.04. The highest BCUT2D eigenvalue weighted by atomic mass is 35.5. The largest absolute Gasteiger partial charge is 0.361 e. The molecule has 3 rings (SSSR count). The molecule has 1 aromatic carbocycles. The number of amides is 2. The average Bonchev–Trinajstić information content (AvgIpc) is 3.29. The Bertz CT molecular complexity index is 763. The maximum absolute atomic E-state index is 13.0. The van der Waals surface area contributed by atoms with E-state index in [1.54, 1.807) is 0 Å². The summed E-state index contributed by atoms with van der Waals surface area (Å²) in [5.41, 5.74) is 0.762. The van der Waals surface area contributed by atoms with Crippen LogP contribution >= 0.6 is 11.6 Å². The first-order valence-electron chi connectivity index (χ1n) is 9.26. The van der Waals surface area contributed by atoms with E-state index in [1.165, 1.54) is 12.8 Å². The van der Waals surface area contributed by atoms with Gasteiger partial charge in [-0.15, -0.1) is 0 Å². The molecule has 29 heavy (non-hydrogen) atoms. The molecule has 1 aromatic heterocycles. The quantitative estimate of drug-likeness (QED) is 0.728. The first kappa shape index (κ1) is 24.6. The Morgan fingerprint density at radius 1 is 1.31 bits per heavy atom. The minimum atomic E-state index is -0.764. The Kier molecular flexibility index (Phi) is 10.9. The maximum atomic E-state index is 13.0. The van der Waals surface area contributed by atoms with Gasteiger partial charge in [-0.05, 0) is 38.8 Å². The van der Waals surface area contributed by atoms with Crippen LogP contribution in [0.25, 0.3) is 0 Å². The van der Waals surface area contributed by atoms with E-state index in [0.29, 0.717) is 12.5 Å². The van der Waals surface area contributed by atoms with Crippen molar-refractivity contribution in [2.24, 2.45) is 0 Å². The van der Waals surface area contributed by atoms with Gasteiger partial charge in [0.1, 0.15) is 17.4 Å². The summed E-state index contributed by atoms with van der Waals surface area (Å²) in [5, 5.41) is 5.87. The zero-order valence-electron chi connectivity index (χ0n) is 16.8. The summed E-state index contributed by atoms with van der Waals surface area (Å²) in [6.45, 7) is 6.83. The number of benzene rings is 1. The molecule has 0 radical (unpaired) electrons. The molecule has 1 aliphatic rings. The minimum Gasteiger partial charge on any atom is -0.361 e. The summed E-state index contributed by atoms with van der Waals surface area (Å²) in [6.07, 6.45) is 4.60. The van der Waals surface area contributed by atoms with Crippen LogP contribution in [0.2, 0.25) is 5.02 Å². The molecule has 1 aliphatic heterocycles. The van der Waals surface area contributed by atoms with Crippen molar-refractivity contribution in [2.75, 3.05) is 6.54 Å². The summed E-state index contributed by atoms with van der Waals surface area (Å²) >= 11 is 5.39. The number of carbonyl (C=O) groups is 2. The van der Waals surface area contributed by atoms with Gasteiger partial charge in [-0.25, -0.2) is 8.78 Å². The van der Waals surface area contributed by atoms with Crippen molar-refractivity contribution in [3.63, 3.8) is 0 Å². The zero-order chi connectivity index (χ0) is 21.8. The lowest BCUT2D eigenvalue weighted by Gasteiger charge is -2.13. The number of aromatic nitrogens is 1. The second-order valence-corrected chi connectivity index (χ2v) is 6.91. The summed E-state index contributed by atoms with van der Waals surface area (Å²) in [7, 11) is 0. The summed E-state index contributed by atoms with van der Waals surface area (Å²) in [4.78, 5) is 21.9. The van der Waals surface area contributed by atoms with Gasteiger partial charge < -0.3 is 14.7 Å². The molecular weight excluding hydrogens is 404 g/mol. The molecule has 160 valence electrons. The van der Waals surface area contributed by atoms with Gasteiger partial charge in [0.25, 0.3) is 0 Å². The standard InChI is InChI=1S/C8H6ClF2NO.C6H11NO.C6H9NO/c9-5-1-7(10)6(3-12-4-13)8(11)2-5;1-6-3-2-4-7(6)5-8;1-3-6-4-5(2)7-8-6/h1-2,4H,3H2,(H,12,13);5-6H,2-4H2,1H3;4H,3H2,1-2H3. The Hall–Kier alpha value is -2.48. The third kappa shape index (κ3) is 8.60. The van der Waals surface area contributed by atoms with E-state index >= 15 is 0 Å². The van der Waals surface area contributed by atoms with E-state index in [0.717, 1.165) is 43.0 Å². The van der Waals surface area contributed by atoms with Crippen molar-refractivity contribution in [2.45, 2.75) is 52.6 Å². The molecule has 2 amide bonds. The van der Waals surface area contributed by atoms with E-state index in [9.17, 15) is 18.4 Å². The van der Waals surface area contributed by atoms with Crippen LogP contribution in [0.5, 0.6) is 0 Å². The fourth-order valence-corrected chi connectivity index (χ4v) is 2.77. The van der Waals surface area contributed by atoms with E-state index < -0.39 is 11.6 Å². The Labute approximate surface area is 174 Å². The zero-order valence-corrected chi connectivity index (χ0v) is 17.5. The predicted molar refractivity (Wildman–Crippen MR) is 106 cm³/mol. The summed E-state index contributed by atoms with van der Waals surface area (Å²) in [6, 6.07) is 4.42. The van der Waals surface area contributed by atoms with E-state index in [2.05, 4.69) is 17.4 Å². The Morgan fingerprint density at radius 3 is 2.31 bits per heavy atom. The van der Waals surface area contributed by atoms with Crippen molar-refractivity contribution < 1.29 is 22.9 Å². The Morgan fingerprint density at radius 2 is 1.97 bits per heavy atom. The van der Waals surface area contributed by atoms with Gasteiger partial charge >= 0.3 is 0 Å². The van der Waals surface area contributed by atoms with Gasteiger partial charge in [-0.3, -0.25) is 9.59 Å².